The van der Waals surface area contributed by atoms with Crippen molar-refractivity contribution in [3.05, 3.63) is 48.3 Å². The first-order valence-corrected chi connectivity index (χ1v) is 7.77. The van der Waals surface area contributed by atoms with E-state index in [4.69, 9.17) is 5.73 Å². The Morgan fingerprint density at radius 2 is 1.75 bits per heavy atom. The summed E-state index contributed by atoms with van der Waals surface area (Å²) in [6.45, 7) is 0. The van der Waals surface area contributed by atoms with Gasteiger partial charge in [0.1, 0.15) is 5.82 Å². The molecule has 20 heavy (non-hydrogen) atoms. The van der Waals surface area contributed by atoms with Crippen molar-refractivity contribution in [3.8, 4) is 0 Å². The lowest BCUT2D eigenvalue weighted by Gasteiger charge is -2.22. The Kier molecular flexibility index (Phi) is 3.67. The zero-order valence-electron chi connectivity index (χ0n) is 11.2. The quantitative estimate of drug-likeness (QED) is 0.884. The Balaban J connectivity index is 2.47. The fraction of sp³-hybridized carbons (Fsp3) is 0.143. The fourth-order valence-electron chi connectivity index (χ4n) is 1.92. The predicted octanol–water partition coefficient (Wildman–Crippen LogP) is 2.58. The normalized spacial score (nSPS) is 11.3. The van der Waals surface area contributed by atoms with Gasteiger partial charge in [-0.1, -0.05) is 12.1 Å². The standard InChI is InChI=1S/C14H15FN2O2S/c1-17(13-6-4-3-5-11(13)15)14-8-7-10(9-12(14)16)20(2,18)19/h3-9H,16H2,1-2H3. The maximum atomic E-state index is 13.7. The van der Waals surface area contributed by atoms with E-state index in [1.807, 2.05) is 0 Å². The van der Waals surface area contributed by atoms with Gasteiger partial charge in [-0.25, -0.2) is 12.8 Å². The zero-order chi connectivity index (χ0) is 14.9. The average molecular weight is 294 g/mol. The average Bonchev–Trinajstić information content (AvgIpc) is 2.37. The SMILES string of the molecule is CN(c1ccc(S(C)(=O)=O)cc1N)c1ccccc1F. The second-order valence-corrected chi connectivity index (χ2v) is 6.52. The van der Waals surface area contributed by atoms with E-state index >= 15 is 0 Å². The summed E-state index contributed by atoms with van der Waals surface area (Å²) in [5, 5.41) is 0. The van der Waals surface area contributed by atoms with Crippen LogP contribution in [0.25, 0.3) is 0 Å². The van der Waals surface area contributed by atoms with Crippen molar-refractivity contribution >= 4 is 26.9 Å². The molecule has 0 amide bonds. The molecule has 0 aliphatic carbocycles. The first kappa shape index (κ1) is 14.3. The molecule has 6 heteroatoms. The van der Waals surface area contributed by atoms with E-state index in [0.717, 1.165) is 6.26 Å². The number of nitrogen functional groups attached to an aromatic ring is 1. The van der Waals surface area contributed by atoms with Crippen LogP contribution in [0, 0.1) is 5.82 Å². The maximum Gasteiger partial charge on any atom is 0.175 e. The molecule has 0 radical (unpaired) electrons. The molecule has 2 aromatic carbocycles. The molecular weight excluding hydrogens is 279 g/mol. The van der Waals surface area contributed by atoms with Gasteiger partial charge in [-0.05, 0) is 30.3 Å². The van der Waals surface area contributed by atoms with Gasteiger partial charge < -0.3 is 10.6 Å². The third kappa shape index (κ3) is 2.75. The molecule has 2 aromatic rings. The molecule has 0 aliphatic rings. The number of benzene rings is 2. The highest BCUT2D eigenvalue weighted by molar-refractivity contribution is 7.90. The van der Waals surface area contributed by atoms with Crippen LogP contribution in [0.5, 0.6) is 0 Å². The minimum Gasteiger partial charge on any atom is -0.397 e. The van der Waals surface area contributed by atoms with Crippen LogP contribution in [-0.2, 0) is 9.84 Å². The highest BCUT2D eigenvalue weighted by Gasteiger charge is 2.14. The van der Waals surface area contributed by atoms with E-state index < -0.39 is 9.84 Å². The van der Waals surface area contributed by atoms with Crippen LogP contribution in [0.1, 0.15) is 0 Å². The van der Waals surface area contributed by atoms with Crippen molar-refractivity contribution in [2.45, 2.75) is 4.90 Å². The van der Waals surface area contributed by atoms with Gasteiger partial charge in [0.15, 0.2) is 9.84 Å². The minimum absolute atomic E-state index is 0.140. The molecule has 0 bridgehead atoms. The number of sulfone groups is 1. The van der Waals surface area contributed by atoms with Gasteiger partial charge in [0.2, 0.25) is 0 Å². The Morgan fingerprint density at radius 1 is 1.10 bits per heavy atom. The topological polar surface area (TPSA) is 63.4 Å². The molecule has 0 fully saturated rings. The molecule has 4 nitrogen and oxygen atoms in total. The second-order valence-electron chi connectivity index (χ2n) is 4.50. The lowest BCUT2D eigenvalue weighted by atomic mass is 10.2. The van der Waals surface area contributed by atoms with E-state index in [1.165, 1.54) is 18.2 Å². The van der Waals surface area contributed by atoms with Crippen LogP contribution in [0.2, 0.25) is 0 Å². The van der Waals surface area contributed by atoms with Crippen molar-refractivity contribution in [1.29, 1.82) is 0 Å². The van der Waals surface area contributed by atoms with Gasteiger partial charge >= 0.3 is 0 Å². The minimum atomic E-state index is -3.31. The maximum absolute atomic E-state index is 13.7. The first-order valence-electron chi connectivity index (χ1n) is 5.88. The smallest absolute Gasteiger partial charge is 0.175 e. The van der Waals surface area contributed by atoms with Gasteiger partial charge in [0.05, 0.1) is 22.0 Å². The van der Waals surface area contributed by atoms with Crippen molar-refractivity contribution in [3.63, 3.8) is 0 Å². The largest absolute Gasteiger partial charge is 0.397 e. The number of anilines is 3. The zero-order valence-corrected chi connectivity index (χ0v) is 12.0. The van der Waals surface area contributed by atoms with Gasteiger partial charge in [-0.3, -0.25) is 0 Å². The second kappa shape index (κ2) is 5.13. The summed E-state index contributed by atoms with van der Waals surface area (Å²) in [4.78, 5) is 1.72. The van der Waals surface area contributed by atoms with E-state index in [1.54, 1.807) is 36.2 Å². The highest BCUT2D eigenvalue weighted by Crippen LogP contribution is 2.31. The predicted molar refractivity (Wildman–Crippen MR) is 78.4 cm³/mol. The summed E-state index contributed by atoms with van der Waals surface area (Å²) in [5.41, 5.74) is 7.07. The molecule has 0 spiro atoms. The summed E-state index contributed by atoms with van der Waals surface area (Å²) in [7, 11) is -1.64. The Hall–Kier alpha value is -2.08. The van der Waals surface area contributed by atoms with Crippen molar-refractivity contribution in [1.82, 2.24) is 0 Å². The van der Waals surface area contributed by atoms with Gasteiger partial charge in [0.25, 0.3) is 0 Å². The fourth-order valence-corrected chi connectivity index (χ4v) is 2.58. The van der Waals surface area contributed by atoms with Gasteiger partial charge in [0, 0.05) is 13.3 Å². The molecule has 106 valence electrons. The molecule has 0 atom stereocenters. The molecule has 0 saturated heterocycles. The number of rotatable bonds is 3. The van der Waals surface area contributed by atoms with Gasteiger partial charge in [-0.15, -0.1) is 0 Å². The van der Waals surface area contributed by atoms with Crippen LogP contribution in [-0.4, -0.2) is 21.7 Å². The Labute approximate surface area is 117 Å². The van der Waals surface area contributed by atoms with E-state index in [0.29, 0.717) is 11.4 Å². The number of hydrogen-bond donors (Lipinski definition) is 1. The molecule has 0 aliphatic heterocycles. The summed E-state index contributed by atoms with van der Waals surface area (Å²) >= 11 is 0. The van der Waals surface area contributed by atoms with Crippen LogP contribution in [0.3, 0.4) is 0 Å². The highest BCUT2D eigenvalue weighted by atomic mass is 32.2. The monoisotopic (exact) mass is 294 g/mol. The Morgan fingerprint density at radius 3 is 2.30 bits per heavy atom. The van der Waals surface area contributed by atoms with E-state index in [-0.39, 0.29) is 16.4 Å². The number of halogens is 1. The van der Waals surface area contributed by atoms with E-state index in [2.05, 4.69) is 0 Å². The third-order valence-electron chi connectivity index (χ3n) is 3.00. The van der Waals surface area contributed by atoms with E-state index in [9.17, 15) is 12.8 Å². The third-order valence-corrected chi connectivity index (χ3v) is 4.11. The first-order chi connectivity index (χ1) is 9.30. The van der Waals surface area contributed by atoms with Crippen molar-refractivity contribution in [2.24, 2.45) is 0 Å². The number of nitrogens with two attached hydrogens (primary N) is 1. The molecule has 0 saturated carbocycles. The summed E-state index contributed by atoms with van der Waals surface area (Å²) in [5.74, 6) is -0.374. The summed E-state index contributed by atoms with van der Waals surface area (Å²) in [6, 6.07) is 10.7. The number of hydrogen-bond acceptors (Lipinski definition) is 4. The lowest BCUT2D eigenvalue weighted by Crippen LogP contribution is -2.13. The summed E-state index contributed by atoms with van der Waals surface area (Å²) < 4.78 is 36.7. The molecular formula is C14H15FN2O2S. The molecule has 2 N–H and O–H groups in total. The van der Waals surface area contributed by atoms with Crippen molar-refractivity contribution < 1.29 is 12.8 Å². The molecule has 2 rings (SSSR count). The molecule has 0 heterocycles. The van der Waals surface area contributed by atoms with Crippen molar-refractivity contribution in [2.75, 3.05) is 23.9 Å². The summed E-state index contributed by atoms with van der Waals surface area (Å²) in [6.07, 6.45) is 1.11. The lowest BCUT2D eigenvalue weighted by molar-refractivity contribution is 0.602. The van der Waals surface area contributed by atoms with Crippen LogP contribution < -0.4 is 10.6 Å². The van der Waals surface area contributed by atoms with Crippen LogP contribution in [0.15, 0.2) is 47.4 Å². The number of para-hydroxylation sites is 1. The molecule has 0 aromatic heterocycles. The molecule has 0 unspecified atom stereocenters. The van der Waals surface area contributed by atoms with Crippen LogP contribution in [0.4, 0.5) is 21.5 Å². The number of nitrogens with zero attached hydrogens (tertiary/aromatic N) is 1. The van der Waals surface area contributed by atoms with Crippen LogP contribution >= 0.6 is 0 Å². The van der Waals surface area contributed by atoms with Gasteiger partial charge in [-0.2, -0.15) is 0 Å². The Bertz CT molecular complexity index is 745.